The first kappa shape index (κ1) is 24.4. The minimum Gasteiger partial charge on any atom is -0.434 e. The summed E-state index contributed by atoms with van der Waals surface area (Å²) in [6.07, 6.45) is 2.60. The maximum Gasteiger partial charge on any atom is 0.513 e. The molecule has 2 amide bonds. The number of carbonyl (C=O) groups is 3. The number of hydrogen-bond acceptors (Lipinski definition) is 5. The first-order chi connectivity index (χ1) is 14.6. The van der Waals surface area contributed by atoms with E-state index in [0.29, 0.717) is 36.9 Å². The Bertz CT molecular complexity index is 800. The number of nitrogens with zero attached hydrogens (tertiary/aromatic N) is 1. The van der Waals surface area contributed by atoms with Crippen molar-refractivity contribution in [1.29, 1.82) is 0 Å². The molecule has 1 heterocycles. The monoisotopic (exact) mass is 430 g/mol. The van der Waals surface area contributed by atoms with E-state index < -0.39 is 6.16 Å². The predicted octanol–water partition coefficient (Wildman–Crippen LogP) is 4.18. The van der Waals surface area contributed by atoms with Crippen LogP contribution in [0.25, 0.3) is 0 Å². The number of likely N-dealkylation sites (tertiary alicyclic amines) is 1. The first-order valence-corrected chi connectivity index (χ1v) is 10.8. The fourth-order valence-electron chi connectivity index (χ4n) is 3.14. The molecule has 0 aliphatic carbocycles. The second-order valence-corrected chi connectivity index (χ2v) is 8.87. The molecule has 0 radical (unpaired) electrons. The third-order valence-corrected chi connectivity index (χ3v) is 5.56. The van der Waals surface area contributed by atoms with Gasteiger partial charge in [-0.05, 0) is 62.3 Å². The van der Waals surface area contributed by atoms with Crippen LogP contribution in [0.15, 0.2) is 35.9 Å². The zero-order chi connectivity index (χ0) is 23.0. The van der Waals surface area contributed by atoms with Crippen LogP contribution >= 0.6 is 0 Å². The summed E-state index contributed by atoms with van der Waals surface area (Å²) in [6, 6.07) is 6.46. The normalized spacial score (nSPS) is 15.4. The summed E-state index contributed by atoms with van der Waals surface area (Å²) in [6.45, 7) is 12.1. The lowest BCUT2D eigenvalue weighted by Crippen LogP contribution is -2.41. The molecular formula is C24H34N2O5. The lowest BCUT2D eigenvalue weighted by atomic mass is 9.87. The molecular weight excluding hydrogens is 396 g/mol. The summed E-state index contributed by atoms with van der Waals surface area (Å²) >= 11 is 0. The smallest absolute Gasteiger partial charge is 0.434 e. The third kappa shape index (κ3) is 7.74. The summed E-state index contributed by atoms with van der Waals surface area (Å²) in [5, 5.41) is 2.99. The van der Waals surface area contributed by atoms with E-state index in [1.807, 2.05) is 11.8 Å². The van der Waals surface area contributed by atoms with E-state index >= 15 is 0 Å². The lowest BCUT2D eigenvalue weighted by molar-refractivity contribution is -0.116. The molecule has 1 aliphatic rings. The molecule has 1 aromatic rings. The average Bonchev–Trinajstić information content (AvgIpc) is 2.72. The Morgan fingerprint density at radius 1 is 1.13 bits per heavy atom. The molecule has 1 aromatic carbocycles. The van der Waals surface area contributed by atoms with E-state index in [1.165, 1.54) is 0 Å². The van der Waals surface area contributed by atoms with E-state index in [9.17, 15) is 14.4 Å². The Balaban J connectivity index is 1.80. The Kier molecular flexibility index (Phi) is 8.65. The summed E-state index contributed by atoms with van der Waals surface area (Å²) in [4.78, 5) is 38.1. The topological polar surface area (TPSA) is 84.9 Å². The van der Waals surface area contributed by atoms with Crippen molar-refractivity contribution in [3.63, 3.8) is 0 Å². The number of ether oxygens (including phenoxy) is 2. The largest absolute Gasteiger partial charge is 0.513 e. The molecule has 1 N–H and O–H groups in total. The number of carbonyl (C=O) groups excluding carboxylic acids is 3. The molecule has 0 saturated carbocycles. The van der Waals surface area contributed by atoms with Crippen molar-refractivity contribution >= 4 is 18.0 Å². The van der Waals surface area contributed by atoms with E-state index in [1.54, 1.807) is 37.3 Å². The zero-order valence-corrected chi connectivity index (χ0v) is 19.2. The Labute approximate surface area is 184 Å². The molecule has 170 valence electrons. The van der Waals surface area contributed by atoms with Crippen molar-refractivity contribution in [1.82, 2.24) is 10.2 Å². The van der Waals surface area contributed by atoms with Crippen LogP contribution in [0.1, 0.15) is 57.8 Å². The standard InChI is InChI=1S/C24H34N2O5/c1-6-30-23(29)31-20-9-7-19(8-10-20)22(28)26-13-11-18(12-14-26)16-25-21(27)15-17(2)24(3,4)5/h7-10,15,18H,6,11-14,16H2,1-5H3,(H,25,27)/b17-15+. The molecule has 7 nitrogen and oxygen atoms in total. The van der Waals surface area contributed by atoms with E-state index in [-0.39, 0.29) is 23.8 Å². The average molecular weight is 431 g/mol. The fraction of sp³-hybridized carbons (Fsp3) is 0.542. The highest BCUT2D eigenvalue weighted by atomic mass is 16.7. The molecule has 0 bridgehead atoms. The Morgan fingerprint density at radius 3 is 2.29 bits per heavy atom. The highest BCUT2D eigenvalue weighted by molar-refractivity contribution is 5.94. The number of rotatable bonds is 6. The number of benzene rings is 1. The van der Waals surface area contributed by atoms with Gasteiger partial charge in [-0.1, -0.05) is 26.3 Å². The summed E-state index contributed by atoms with van der Waals surface area (Å²) in [5.74, 6) is 0.585. The van der Waals surface area contributed by atoms with Crippen LogP contribution in [0, 0.1) is 11.3 Å². The number of allylic oxidation sites excluding steroid dienone is 1. The highest BCUT2D eigenvalue weighted by Gasteiger charge is 2.24. The molecule has 0 unspecified atom stereocenters. The maximum atomic E-state index is 12.7. The van der Waals surface area contributed by atoms with Crippen LogP contribution in [-0.2, 0) is 9.53 Å². The van der Waals surface area contributed by atoms with Gasteiger partial charge in [-0.2, -0.15) is 0 Å². The molecule has 1 fully saturated rings. The summed E-state index contributed by atoms with van der Waals surface area (Å²) in [5.41, 5.74) is 1.57. The maximum absolute atomic E-state index is 12.7. The van der Waals surface area contributed by atoms with Crippen LogP contribution in [0.2, 0.25) is 0 Å². The van der Waals surface area contributed by atoms with Gasteiger partial charge >= 0.3 is 6.16 Å². The second-order valence-electron chi connectivity index (χ2n) is 8.87. The lowest BCUT2D eigenvalue weighted by Gasteiger charge is -2.32. The summed E-state index contributed by atoms with van der Waals surface area (Å²) < 4.78 is 9.74. The van der Waals surface area contributed by atoms with Crippen LogP contribution in [-0.4, -0.2) is 49.1 Å². The Hall–Kier alpha value is -2.83. The fourth-order valence-corrected chi connectivity index (χ4v) is 3.14. The van der Waals surface area contributed by atoms with Crippen molar-refractivity contribution in [3.05, 3.63) is 41.5 Å². The molecule has 0 aromatic heterocycles. The van der Waals surface area contributed by atoms with Crippen LogP contribution in [0.5, 0.6) is 5.75 Å². The van der Waals surface area contributed by atoms with Crippen LogP contribution in [0.3, 0.4) is 0 Å². The van der Waals surface area contributed by atoms with Gasteiger partial charge in [0.1, 0.15) is 5.75 Å². The molecule has 31 heavy (non-hydrogen) atoms. The van der Waals surface area contributed by atoms with E-state index in [0.717, 1.165) is 18.4 Å². The van der Waals surface area contributed by atoms with Gasteiger partial charge in [-0.25, -0.2) is 4.79 Å². The molecule has 2 rings (SSSR count). The van der Waals surface area contributed by atoms with E-state index in [2.05, 4.69) is 26.1 Å². The molecule has 0 spiro atoms. The quantitative estimate of drug-likeness (QED) is 0.416. The molecule has 1 aliphatic heterocycles. The van der Waals surface area contributed by atoms with Gasteiger partial charge in [0.2, 0.25) is 5.91 Å². The minimum atomic E-state index is -0.764. The number of nitrogens with one attached hydrogen (secondary N) is 1. The Morgan fingerprint density at radius 2 is 1.74 bits per heavy atom. The van der Waals surface area contributed by atoms with Crippen LogP contribution < -0.4 is 10.1 Å². The minimum absolute atomic E-state index is 0.0216. The number of piperidine rings is 1. The SMILES string of the molecule is CCOC(=O)Oc1ccc(C(=O)N2CCC(CNC(=O)/C=C(\C)C(C)(C)C)CC2)cc1. The number of hydrogen-bond donors (Lipinski definition) is 1. The van der Waals surface area contributed by atoms with Crippen LogP contribution in [0.4, 0.5) is 4.79 Å². The van der Waals surface area contributed by atoms with Gasteiger partial charge in [0.25, 0.3) is 5.91 Å². The molecule has 1 saturated heterocycles. The van der Waals surface area contributed by atoms with E-state index in [4.69, 9.17) is 9.47 Å². The van der Waals surface area contributed by atoms with Gasteiger partial charge in [0.05, 0.1) is 6.61 Å². The third-order valence-electron chi connectivity index (χ3n) is 5.56. The summed E-state index contributed by atoms with van der Waals surface area (Å²) in [7, 11) is 0. The first-order valence-electron chi connectivity index (χ1n) is 10.8. The van der Waals surface area contributed by atoms with Crippen molar-refractivity contribution in [2.24, 2.45) is 11.3 Å². The molecule has 7 heteroatoms. The van der Waals surface area contributed by atoms with Gasteiger partial charge in [0.15, 0.2) is 0 Å². The van der Waals surface area contributed by atoms with Crippen molar-refractivity contribution < 1.29 is 23.9 Å². The van der Waals surface area contributed by atoms with Gasteiger partial charge in [-0.15, -0.1) is 0 Å². The van der Waals surface area contributed by atoms with Gasteiger partial charge in [0, 0.05) is 31.3 Å². The number of amides is 2. The second kappa shape index (κ2) is 11.0. The highest BCUT2D eigenvalue weighted by Crippen LogP contribution is 2.24. The van der Waals surface area contributed by atoms with Crippen molar-refractivity contribution in [2.75, 3.05) is 26.2 Å². The van der Waals surface area contributed by atoms with Crippen molar-refractivity contribution in [3.8, 4) is 5.75 Å². The van der Waals surface area contributed by atoms with Crippen molar-refractivity contribution in [2.45, 2.75) is 47.5 Å². The molecule has 0 atom stereocenters. The van der Waals surface area contributed by atoms with Gasteiger partial charge < -0.3 is 19.7 Å². The van der Waals surface area contributed by atoms with Gasteiger partial charge in [-0.3, -0.25) is 9.59 Å². The zero-order valence-electron chi connectivity index (χ0n) is 19.2. The predicted molar refractivity (Wildman–Crippen MR) is 119 cm³/mol.